The van der Waals surface area contributed by atoms with Gasteiger partial charge in [0.2, 0.25) is 0 Å². The lowest BCUT2D eigenvalue weighted by Gasteiger charge is -2.34. The molecule has 2 heterocycles. The van der Waals surface area contributed by atoms with Crippen LogP contribution in [0.2, 0.25) is 0 Å². The van der Waals surface area contributed by atoms with Crippen molar-refractivity contribution in [3.8, 4) is 0 Å². The molecule has 0 saturated carbocycles. The number of methoxy groups -OCH3 is 1. The summed E-state index contributed by atoms with van der Waals surface area (Å²) in [5.41, 5.74) is 1.40. The molecule has 1 saturated heterocycles. The number of nitrogens with zero attached hydrogens (tertiary/aromatic N) is 6. The quantitative estimate of drug-likeness (QED) is 0.765. The highest BCUT2D eigenvalue weighted by atomic mass is 16.5. The van der Waals surface area contributed by atoms with Gasteiger partial charge in [0.25, 0.3) is 5.91 Å². The number of rotatable bonds is 6. The zero-order chi connectivity index (χ0) is 18.7. The van der Waals surface area contributed by atoms with Gasteiger partial charge < -0.3 is 9.64 Å². The standard InChI is InChI=1S/C18H26N6O2/c1-14-6-5-7-15(12-14)16(25)23-9-8-18(13-23,22(2)3)17-19-20-21-24(17)10-11-26-4/h5-7,12H,8-11,13H2,1-4H3. The minimum atomic E-state index is -0.406. The average molecular weight is 358 g/mol. The number of hydrogen-bond acceptors (Lipinski definition) is 6. The van der Waals surface area contributed by atoms with Gasteiger partial charge in [-0.1, -0.05) is 17.7 Å². The van der Waals surface area contributed by atoms with Crippen LogP contribution in [0.25, 0.3) is 0 Å². The molecule has 26 heavy (non-hydrogen) atoms. The lowest BCUT2D eigenvalue weighted by atomic mass is 9.96. The zero-order valence-electron chi connectivity index (χ0n) is 15.8. The molecule has 0 N–H and O–H groups in total. The third kappa shape index (κ3) is 3.34. The Bertz CT molecular complexity index is 775. The van der Waals surface area contributed by atoms with Crippen molar-refractivity contribution >= 4 is 5.91 Å². The van der Waals surface area contributed by atoms with Gasteiger partial charge in [-0.3, -0.25) is 9.69 Å². The summed E-state index contributed by atoms with van der Waals surface area (Å²) in [7, 11) is 5.68. The molecule has 1 aliphatic heterocycles. The number of carbonyl (C=O) groups is 1. The Balaban J connectivity index is 1.86. The largest absolute Gasteiger partial charge is 0.383 e. The molecule has 8 heteroatoms. The lowest BCUT2D eigenvalue weighted by molar-refractivity contribution is 0.0736. The van der Waals surface area contributed by atoms with Crippen molar-refractivity contribution < 1.29 is 9.53 Å². The Morgan fingerprint density at radius 2 is 2.19 bits per heavy atom. The number of amides is 1. The van der Waals surface area contributed by atoms with Gasteiger partial charge in [-0.2, -0.15) is 0 Å². The van der Waals surface area contributed by atoms with Crippen LogP contribution in [0, 0.1) is 6.92 Å². The predicted octanol–water partition coefficient (Wildman–Crippen LogP) is 0.931. The van der Waals surface area contributed by atoms with Gasteiger partial charge in [0.1, 0.15) is 5.54 Å². The van der Waals surface area contributed by atoms with E-state index in [1.54, 1.807) is 11.8 Å². The van der Waals surface area contributed by atoms with Crippen LogP contribution in [0.3, 0.4) is 0 Å². The summed E-state index contributed by atoms with van der Waals surface area (Å²) in [5, 5.41) is 12.3. The second kappa shape index (κ2) is 7.51. The number of likely N-dealkylation sites (N-methyl/N-ethyl adjacent to an activating group) is 1. The molecule has 0 aliphatic carbocycles. The van der Waals surface area contributed by atoms with E-state index in [2.05, 4.69) is 20.4 Å². The summed E-state index contributed by atoms with van der Waals surface area (Å²) in [4.78, 5) is 17.0. The third-order valence-electron chi connectivity index (χ3n) is 5.11. The molecule has 1 aromatic heterocycles. The minimum Gasteiger partial charge on any atom is -0.383 e. The lowest BCUT2D eigenvalue weighted by Crippen LogP contribution is -2.47. The highest BCUT2D eigenvalue weighted by Gasteiger charge is 2.47. The van der Waals surface area contributed by atoms with Crippen LogP contribution >= 0.6 is 0 Å². The van der Waals surface area contributed by atoms with Crippen molar-refractivity contribution in [2.75, 3.05) is 40.9 Å². The van der Waals surface area contributed by atoms with Crippen molar-refractivity contribution in [1.82, 2.24) is 30.0 Å². The SMILES string of the molecule is COCCn1nnnc1C1(N(C)C)CCN(C(=O)c2cccc(C)c2)C1. The Hall–Kier alpha value is -2.32. The summed E-state index contributed by atoms with van der Waals surface area (Å²) in [6.07, 6.45) is 0.783. The summed E-state index contributed by atoms with van der Waals surface area (Å²) < 4.78 is 6.94. The first-order valence-corrected chi connectivity index (χ1v) is 8.77. The van der Waals surface area contributed by atoms with Gasteiger partial charge in [0.05, 0.1) is 13.2 Å². The van der Waals surface area contributed by atoms with Crippen LogP contribution in [-0.2, 0) is 16.8 Å². The summed E-state index contributed by atoms with van der Waals surface area (Å²) in [6, 6.07) is 7.71. The number of hydrogen-bond donors (Lipinski definition) is 0. The fourth-order valence-electron chi connectivity index (χ4n) is 3.54. The number of benzene rings is 1. The van der Waals surface area contributed by atoms with Crippen LogP contribution in [0.5, 0.6) is 0 Å². The van der Waals surface area contributed by atoms with Crippen LogP contribution in [0.1, 0.15) is 28.2 Å². The molecule has 2 aromatic rings. The molecule has 1 fully saturated rings. The number of ether oxygens (including phenoxy) is 1. The molecule has 1 aliphatic rings. The second-order valence-electron chi connectivity index (χ2n) is 6.99. The van der Waals surface area contributed by atoms with E-state index in [1.165, 1.54) is 0 Å². The number of tetrazole rings is 1. The van der Waals surface area contributed by atoms with Gasteiger partial charge in [-0.25, -0.2) is 4.68 Å². The monoisotopic (exact) mass is 358 g/mol. The molecule has 1 aromatic carbocycles. The van der Waals surface area contributed by atoms with Crippen molar-refractivity contribution in [3.63, 3.8) is 0 Å². The van der Waals surface area contributed by atoms with Crippen molar-refractivity contribution in [1.29, 1.82) is 0 Å². The van der Waals surface area contributed by atoms with Crippen molar-refractivity contribution in [3.05, 3.63) is 41.2 Å². The number of likely N-dealkylation sites (tertiary alicyclic amines) is 1. The van der Waals surface area contributed by atoms with Crippen LogP contribution < -0.4 is 0 Å². The topological polar surface area (TPSA) is 76.4 Å². The van der Waals surface area contributed by atoms with Crippen LogP contribution in [0.4, 0.5) is 0 Å². The summed E-state index contributed by atoms with van der Waals surface area (Å²) >= 11 is 0. The maximum absolute atomic E-state index is 13.0. The zero-order valence-corrected chi connectivity index (χ0v) is 15.8. The van der Waals surface area contributed by atoms with Crippen molar-refractivity contribution in [2.24, 2.45) is 0 Å². The number of aryl methyl sites for hydroxylation is 1. The highest BCUT2D eigenvalue weighted by molar-refractivity contribution is 5.94. The molecule has 140 valence electrons. The minimum absolute atomic E-state index is 0.0494. The highest BCUT2D eigenvalue weighted by Crippen LogP contribution is 2.35. The normalized spacial score (nSPS) is 20.1. The second-order valence-corrected chi connectivity index (χ2v) is 6.99. The van der Waals surface area contributed by atoms with Gasteiger partial charge in [-0.05, 0) is 50.0 Å². The first-order chi connectivity index (χ1) is 12.5. The molecule has 0 spiro atoms. The van der Waals surface area contributed by atoms with E-state index in [-0.39, 0.29) is 5.91 Å². The first kappa shape index (κ1) is 18.5. The fourth-order valence-corrected chi connectivity index (χ4v) is 3.54. The molecule has 1 atom stereocenters. The fraction of sp³-hybridized carbons (Fsp3) is 0.556. The average Bonchev–Trinajstić information content (AvgIpc) is 3.27. The Morgan fingerprint density at radius 1 is 1.38 bits per heavy atom. The molecule has 1 amide bonds. The van der Waals surface area contributed by atoms with E-state index in [4.69, 9.17) is 4.74 Å². The third-order valence-corrected chi connectivity index (χ3v) is 5.11. The van der Waals surface area contributed by atoms with E-state index >= 15 is 0 Å². The molecular weight excluding hydrogens is 332 g/mol. The molecular formula is C18H26N6O2. The molecule has 3 rings (SSSR count). The number of carbonyl (C=O) groups excluding carboxylic acids is 1. The van der Waals surface area contributed by atoms with Gasteiger partial charge in [0, 0.05) is 25.8 Å². The van der Waals surface area contributed by atoms with Crippen LogP contribution in [-0.4, -0.2) is 76.8 Å². The molecule has 0 radical (unpaired) electrons. The van der Waals surface area contributed by atoms with Crippen LogP contribution in [0.15, 0.2) is 24.3 Å². The smallest absolute Gasteiger partial charge is 0.253 e. The Kier molecular flexibility index (Phi) is 5.33. The van der Waals surface area contributed by atoms with Gasteiger partial charge >= 0.3 is 0 Å². The van der Waals surface area contributed by atoms with E-state index in [9.17, 15) is 4.79 Å². The van der Waals surface area contributed by atoms with E-state index < -0.39 is 5.54 Å². The first-order valence-electron chi connectivity index (χ1n) is 8.77. The van der Waals surface area contributed by atoms with E-state index in [0.717, 1.165) is 23.4 Å². The maximum atomic E-state index is 13.0. The van der Waals surface area contributed by atoms with Gasteiger partial charge in [-0.15, -0.1) is 5.10 Å². The van der Waals surface area contributed by atoms with Crippen molar-refractivity contribution in [2.45, 2.75) is 25.4 Å². The maximum Gasteiger partial charge on any atom is 0.253 e. The van der Waals surface area contributed by atoms with E-state index in [1.807, 2.05) is 50.2 Å². The Morgan fingerprint density at radius 3 is 2.88 bits per heavy atom. The molecule has 0 bridgehead atoms. The van der Waals surface area contributed by atoms with E-state index in [0.29, 0.717) is 26.2 Å². The van der Waals surface area contributed by atoms with Gasteiger partial charge in [0.15, 0.2) is 5.82 Å². The number of aromatic nitrogens is 4. The molecule has 1 unspecified atom stereocenters. The summed E-state index contributed by atoms with van der Waals surface area (Å²) in [6.45, 7) is 4.34. The Labute approximate surface area is 153 Å². The predicted molar refractivity (Wildman–Crippen MR) is 96.8 cm³/mol. The molecule has 8 nitrogen and oxygen atoms in total. The summed E-state index contributed by atoms with van der Waals surface area (Å²) in [5.74, 6) is 0.826.